The summed E-state index contributed by atoms with van der Waals surface area (Å²) in [7, 11) is 1.63. The topological polar surface area (TPSA) is 89.1 Å². The smallest absolute Gasteiger partial charge is 0.295 e. The number of carbonyl (C=O) groups excluding carboxylic acids is 1. The van der Waals surface area contributed by atoms with Crippen molar-refractivity contribution in [1.29, 1.82) is 0 Å². The highest BCUT2D eigenvalue weighted by Gasteiger charge is 2.11. The van der Waals surface area contributed by atoms with Crippen molar-refractivity contribution in [2.24, 2.45) is 0 Å². The van der Waals surface area contributed by atoms with Crippen molar-refractivity contribution in [3.8, 4) is 0 Å². The zero-order chi connectivity index (χ0) is 15.1. The van der Waals surface area contributed by atoms with Gasteiger partial charge in [-0.3, -0.25) is 9.89 Å². The number of anilines is 1. The maximum atomic E-state index is 11.9. The predicted octanol–water partition coefficient (Wildman–Crippen LogP) is 1.53. The summed E-state index contributed by atoms with van der Waals surface area (Å²) in [6.07, 6.45) is 0. The van der Waals surface area contributed by atoms with Gasteiger partial charge in [-0.2, -0.15) is 0 Å². The maximum absolute atomic E-state index is 11.9. The van der Waals surface area contributed by atoms with Crippen LogP contribution in [0.25, 0.3) is 0 Å². The Kier molecular flexibility index (Phi) is 5.42. The van der Waals surface area contributed by atoms with Gasteiger partial charge in [-0.05, 0) is 24.6 Å². The number of H-pyrrole nitrogens is 1. The molecule has 0 saturated carbocycles. The van der Waals surface area contributed by atoms with Gasteiger partial charge in [-0.15, -0.1) is 5.10 Å². The summed E-state index contributed by atoms with van der Waals surface area (Å²) in [5, 5.41) is 9.20. The molecule has 7 heteroatoms. The van der Waals surface area contributed by atoms with E-state index in [-0.39, 0.29) is 11.7 Å². The lowest BCUT2D eigenvalue weighted by molar-refractivity contribution is 0.0617. The Morgan fingerprint density at radius 2 is 2.24 bits per heavy atom. The fourth-order valence-electron chi connectivity index (χ4n) is 1.70. The van der Waals surface area contributed by atoms with Crippen LogP contribution in [0.15, 0.2) is 24.3 Å². The molecule has 0 unspecified atom stereocenters. The minimum absolute atomic E-state index is 0.120. The number of aryl methyl sites for hydroxylation is 1. The lowest BCUT2D eigenvalue weighted by Gasteiger charge is -2.07. The third-order valence-corrected chi connectivity index (χ3v) is 2.69. The lowest BCUT2D eigenvalue weighted by Crippen LogP contribution is -2.14. The van der Waals surface area contributed by atoms with Crippen LogP contribution in [0.4, 0.5) is 5.69 Å². The van der Waals surface area contributed by atoms with E-state index < -0.39 is 0 Å². The molecule has 1 aromatic heterocycles. The minimum atomic E-state index is -0.350. The maximum Gasteiger partial charge on any atom is 0.295 e. The van der Waals surface area contributed by atoms with Crippen LogP contribution >= 0.6 is 0 Å². The lowest BCUT2D eigenvalue weighted by atomic mass is 10.2. The van der Waals surface area contributed by atoms with Crippen LogP contribution in [0, 0.1) is 6.92 Å². The van der Waals surface area contributed by atoms with Crippen molar-refractivity contribution in [2.75, 3.05) is 25.6 Å². The predicted molar refractivity (Wildman–Crippen MR) is 77.0 cm³/mol. The molecule has 0 fully saturated rings. The monoisotopic (exact) mass is 290 g/mol. The summed E-state index contributed by atoms with van der Waals surface area (Å²) in [4.78, 5) is 15.9. The summed E-state index contributed by atoms with van der Waals surface area (Å²) in [6.45, 7) is 3.29. The first-order valence-electron chi connectivity index (χ1n) is 6.55. The highest BCUT2D eigenvalue weighted by Crippen LogP contribution is 2.12. The Morgan fingerprint density at radius 3 is 2.95 bits per heavy atom. The van der Waals surface area contributed by atoms with Gasteiger partial charge in [-0.25, -0.2) is 4.98 Å². The summed E-state index contributed by atoms with van der Waals surface area (Å²) in [6, 6.07) is 7.44. The summed E-state index contributed by atoms with van der Waals surface area (Å²) >= 11 is 0. The van der Waals surface area contributed by atoms with Crippen LogP contribution in [0.3, 0.4) is 0 Å². The van der Waals surface area contributed by atoms with Gasteiger partial charge in [0.2, 0.25) is 5.82 Å². The number of nitrogens with one attached hydrogen (secondary N) is 2. The molecular weight excluding hydrogens is 272 g/mol. The van der Waals surface area contributed by atoms with Crippen molar-refractivity contribution in [3.05, 3.63) is 41.5 Å². The fourth-order valence-corrected chi connectivity index (χ4v) is 1.70. The first kappa shape index (κ1) is 15.1. The van der Waals surface area contributed by atoms with Gasteiger partial charge in [0.1, 0.15) is 5.82 Å². The van der Waals surface area contributed by atoms with Crippen LogP contribution in [0.5, 0.6) is 0 Å². The van der Waals surface area contributed by atoms with E-state index in [0.717, 1.165) is 5.56 Å². The van der Waals surface area contributed by atoms with E-state index in [4.69, 9.17) is 9.47 Å². The summed E-state index contributed by atoms with van der Waals surface area (Å²) < 4.78 is 10.3. The minimum Gasteiger partial charge on any atom is -0.382 e. The number of aromatic nitrogens is 3. The molecule has 0 spiro atoms. The molecule has 0 saturated heterocycles. The van der Waals surface area contributed by atoms with Crippen molar-refractivity contribution >= 4 is 11.6 Å². The van der Waals surface area contributed by atoms with Crippen LogP contribution < -0.4 is 5.32 Å². The molecule has 2 rings (SSSR count). The number of hydrogen-bond donors (Lipinski definition) is 2. The second-order valence-corrected chi connectivity index (χ2v) is 4.44. The number of carbonyl (C=O) groups is 1. The molecule has 1 amide bonds. The summed E-state index contributed by atoms with van der Waals surface area (Å²) in [5.41, 5.74) is 1.64. The second-order valence-electron chi connectivity index (χ2n) is 4.44. The molecule has 1 heterocycles. The van der Waals surface area contributed by atoms with Crippen molar-refractivity contribution in [2.45, 2.75) is 13.5 Å². The third-order valence-electron chi connectivity index (χ3n) is 2.69. The Labute approximate surface area is 122 Å². The molecule has 0 radical (unpaired) electrons. The molecule has 0 aliphatic rings. The van der Waals surface area contributed by atoms with E-state index in [1.807, 2.05) is 18.2 Å². The number of benzene rings is 1. The van der Waals surface area contributed by atoms with E-state index >= 15 is 0 Å². The van der Waals surface area contributed by atoms with Crippen LogP contribution in [-0.4, -0.2) is 41.4 Å². The van der Waals surface area contributed by atoms with E-state index in [9.17, 15) is 4.79 Å². The Hall–Kier alpha value is -2.25. The molecule has 7 nitrogen and oxygen atoms in total. The molecule has 0 aliphatic heterocycles. The van der Waals surface area contributed by atoms with Crippen LogP contribution in [-0.2, 0) is 16.1 Å². The molecule has 112 valence electrons. The highest BCUT2D eigenvalue weighted by molar-refractivity contribution is 6.01. The van der Waals surface area contributed by atoms with Gasteiger partial charge in [0, 0.05) is 12.8 Å². The number of aromatic amines is 1. The van der Waals surface area contributed by atoms with E-state index in [2.05, 4.69) is 20.5 Å². The average molecular weight is 290 g/mol. The normalized spacial score (nSPS) is 10.6. The van der Waals surface area contributed by atoms with Crippen LogP contribution in [0.2, 0.25) is 0 Å². The second kappa shape index (κ2) is 7.51. The Bertz CT molecular complexity index is 597. The molecule has 0 bridgehead atoms. The van der Waals surface area contributed by atoms with Gasteiger partial charge >= 0.3 is 0 Å². The quantitative estimate of drug-likeness (QED) is 0.755. The number of hydrogen-bond acceptors (Lipinski definition) is 5. The van der Waals surface area contributed by atoms with E-state index in [1.54, 1.807) is 20.1 Å². The zero-order valence-corrected chi connectivity index (χ0v) is 12.0. The standard InChI is InChI=1S/C14H18N4O3/c1-10-15-13(18-17-10)14(19)16-12-5-3-4-11(8-12)9-21-7-6-20-2/h3-5,8H,6-7,9H2,1-2H3,(H,16,19)(H,15,17,18). The van der Waals surface area contributed by atoms with Gasteiger partial charge in [0.15, 0.2) is 0 Å². The van der Waals surface area contributed by atoms with Gasteiger partial charge in [-0.1, -0.05) is 12.1 Å². The van der Waals surface area contributed by atoms with Gasteiger partial charge in [0.05, 0.1) is 19.8 Å². The highest BCUT2D eigenvalue weighted by atomic mass is 16.5. The summed E-state index contributed by atoms with van der Waals surface area (Å²) in [5.74, 6) is 0.367. The largest absolute Gasteiger partial charge is 0.382 e. The molecule has 1 aromatic carbocycles. The van der Waals surface area contributed by atoms with Crippen molar-refractivity contribution < 1.29 is 14.3 Å². The van der Waals surface area contributed by atoms with E-state index in [1.165, 1.54) is 0 Å². The van der Waals surface area contributed by atoms with Gasteiger partial charge < -0.3 is 14.8 Å². The number of methoxy groups -OCH3 is 1. The molecule has 0 atom stereocenters. The molecular formula is C14H18N4O3. The molecule has 2 aromatic rings. The number of ether oxygens (including phenoxy) is 2. The van der Waals surface area contributed by atoms with Crippen molar-refractivity contribution in [3.63, 3.8) is 0 Å². The molecule has 2 N–H and O–H groups in total. The first-order chi connectivity index (χ1) is 10.2. The SMILES string of the molecule is COCCOCc1cccc(NC(=O)c2n[nH]c(C)n2)c1. The Morgan fingerprint density at radius 1 is 1.38 bits per heavy atom. The van der Waals surface area contributed by atoms with Crippen LogP contribution in [0.1, 0.15) is 22.0 Å². The van der Waals surface area contributed by atoms with E-state index in [0.29, 0.717) is 31.3 Å². The molecule has 0 aliphatic carbocycles. The number of nitrogens with zero attached hydrogens (tertiary/aromatic N) is 2. The molecule has 21 heavy (non-hydrogen) atoms. The Balaban J connectivity index is 1.92. The first-order valence-corrected chi connectivity index (χ1v) is 6.55. The average Bonchev–Trinajstić information content (AvgIpc) is 2.91. The third kappa shape index (κ3) is 4.66. The zero-order valence-electron chi connectivity index (χ0n) is 12.0. The van der Waals surface area contributed by atoms with Crippen molar-refractivity contribution in [1.82, 2.24) is 15.2 Å². The number of amides is 1. The van der Waals surface area contributed by atoms with Gasteiger partial charge in [0.25, 0.3) is 5.91 Å². The fraction of sp³-hybridized carbons (Fsp3) is 0.357. The number of rotatable bonds is 7.